The molecule has 0 aliphatic rings. The zero-order chi connectivity index (χ0) is 19.4. The van der Waals surface area contributed by atoms with Crippen LogP contribution >= 0.6 is 0 Å². The van der Waals surface area contributed by atoms with Crippen LogP contribution < -0.4 is 32.4 Å². The molecule has 0 amide bonds. The third kappa shape index (κ3) is 4.17. The third-order valence-corrected chi connectivity index (χ3v) is 4.20. The Bertz CT molecular complexity index is 1210. The van der Waals surface area contributed by atoms with Crippen LogP contribution in [0.2, 0.25) is 0 Å². The highest BCUT2D eigenvalue weighted by Gasteiger charge is 2.02. The molecule has 0 heterocycles. The Labute approximate surface area is 156 Å². The molecule has 0 spiro atoms. The maximum Gasteiger partial charge on any atom is 0.237 e. The van der Waals surface area contributed by atoms with E-state index >= 15 is 0 Å². The largest absolute Gasteiger partial charge is 0.287 e. The number of rotatable bonds is 4. The van der Waals surface area contributed by atoms with Crippen LogP contribution in [-0.2, 0) is 0 Å². The van der Waals surface area contributed by atoms with Gasteiger partial charge in [0.05, 0.1) is 11.4 Å². The van der Waals surface area contributed by atoms with E-state index in [4.69, 9.17) is 0 Å². The monoisotopic (exact) mass is 360 g/mol. The summed E-state index contributed by atoms with van der Waals surface area (Å²) in [5.74, 6) is 0. The van der Waals surface area contributed by atoms with Gasteiger partial charge >= 0.3 is 0 Å². The summed E-state index contributed by atoms with van der Waals surface area (Å²) in [6.07, 6.45) is 0. The minimum absolute atomic E-state index is 0.126. The molecule has 0 aliphatic heterocycles. The molecule has 3 aromatic rings. The van der Waals surface area contributed by atoms with Crippen LogP contribution in [0, 0.1) is 20.8 Å². The van der Waals surface area contributed by atoms with Crippen LogP contribution in [0.1, 0.15) is 16.7 Å². The molecule has 3 aromatic carbocycles. The molecule has 0 saturated heterocycles. The van der Waals surface area contributed by atoms with E-state index in [9.17, 15) is 9.59 Å². The van der Waals surface area contributed by atoms with Crippen LogP contribution in [0.4, 0.5) is 11.4 Å². The van der Waals surface area contributed by atoms with Crippen LogP contribution in [0.5, 0.6) is 0 Å². The number of nitrogens with zero attached hydrogens (tertiary/aromatic N) is 2. The average molecular weight is 360 g/mol. The maximum atomic E-state index is 12.6. The molecule has 0 aromatic heterocycles. The number of anilines is 2. The molecule has 27 heavy (non-hydrogen) atoms. The van der Waals surface area contributed by atoms with Crippen molar-refractivity contribution >= 4 is 11.4 Å². The van der Waals surface area contributed by atoms with Gasteiger partial charge in [0.25, 0.3) is 0 Å². The molecule has 6 nitrogen and oxygen atoms in total. The minimum atomic E-state index is -0.526. The summed E-state index contributed by atoms with van der Waals surface area (Å²) in [6.45, 7) is 5.83. The van der Waals surface area contributed by atoms with Gasteiger partial charge in [-0.05, 0) is 61.7 Å². The van der Waals surface area contributed by atoms with Crippen molar-refractivity contribution in [2.75, 3.05) is 10.9 Å². The zero-order valence-corrected chi connectivity index (χ0v) is 15.4. The Morgan fingerprint density at radius 1 is 0.741 bits per heavy atom. The zero-order valence-electron chi connectivity index (χ0n) is 15.4. The highest BCUT2D eigenvalue weighted by atomic mass is 16.1. The van der Waals surface area contributed by atoms with Crippen molar-refractivity contribution in [3.8, 4) is 0 Å². The van der Waals surface area contributed by atoms with Crippen molar-refractivity contribution in [1.82, 2.24) is 0 Å². The summed E-state index contributed by atoms with van der Waals surface area (Å²) in [4.78, 5) is 24.7. The SMILES string of the molecule is Cc1ccc(C)c(N/N=c2/ccc(=O)/c(=N\Nc3ccccc3C)c2=O)c1. The van der Waals surface area contributed by atoms with Gasteiger partial charge in [-0.2, -0.15) is 10.2 Å². The molecule has 0 radical (unpaired) electrons. The first kappa shape index (κ1) is 18.3. The lowest BCUT2D eigenvalue weighted by atomic mass is 10.1. The molecular formula is C21H20N4O2. The molecule has 2 N–H and O–H groups in total. The van der Waals surface area contributed by atoms with E-state index in [-0.39, 0.29) is 10.7 Å². The quantitative estimate of drug-likeness (QED) is 0.698. The van der Waals surface area contributed by atoms with E-state index < -0.39 is 10.9 Å². The number of aryl methyl sites for hydroxylation is 3. The number of para-hydroxylation sites is 1. The number of nitrogens with one attached hydrogen (secondary N) is 2. The van der Waals surface area contributed by atoms with E-state index in [1.807, 2.05) is 63.2 Å². The van der Waals surface area contributed by atoms with Crippen LogP contribution in [-0.4, -0.2) is 0 Å². The van der Waals surface area contributed by atoms with E-state index in [0.717, 1.165) is 28.1 Å². The highest BCUT2D eigenvalue weighted by molar-refractivity contribution is 5.52. The van der Waals surface area contributed by atoms with Crippen molar-refractivity contribution < 1.29 is 0 Å². The van der Waals surface area contributed by atoms with Crippen molar-refractivity contribution in [3.05, 3.63) is 102 Å². The molecule has 3 rings (SSSR count). The van der Waals surface area contributed by atoms with Crippen molar-refractivity contribution in [3.63, 3.8) is 0 Å². The van der Waals surface area contributed by atoms with Gasteiger partial charge in [-0.25, -0.2) is 0 Å². The summed E-state index contributed by atoms with van der Waals surface area (Å²) >= 11 is 0. The highest BCUT2D eigenvalue weighted by Crippen LogP contribution is 2.15. The van der Waals surface area contributed by atoms with Gasteiger partial charge in [0, 0.05) is 0 Å². The molecule has 0 saturated carbocycles. The fraction of sp³-hybridized carbons (Fsp3) is 0.143. The average Bonchev–Trinajstić information content (AvgIpc) is 2.65. The molecule has 0 atom stereocenters. The van der Waals surface area contributed by atoms with E-state index in [1.165, 1.54) is 12.1 Å². The van der Waals surface area contributed by atoms with Gasteiger partial charge in [-0.3, -0.25) is 20.4 Å². The van der Waals surface area contributed by atoms with Gasteiger partial charge in [-0.15, -0.1) is 0 Å². The molecule has 0 bridgehead atoms. The van der Waals surface area contributed by atoms with Crippen LogP contribution in [0.15, 0.2) is 74.4 Å². The van der Waals surface area contributed by atoms with Crippen LogP contribution in [0.25, 0.3) is 0 Å². The predicted molar refractivity (Wildman–Crippen MR) is 107 cm³/mol. The lowest BCUT2D eigenvalue weighted by molar-refractivity contribution is 1.10. The third-order valence-electron chi connectivity index (χ3n) is 4.20. The van der Waals surface area contributed by atoms with Crippen LogP contribution in [0.3, 0.4) is 0 Å². The second kappa shape index (κ2) is 7.78. The maximum absolute atomic E-state index is 12.6. The molecule has 6 heteroatoms. The summed E-state index contributed by atoms with van der Waals surface area (Å²) in [6, 6.07) is 16.1. The standard InChI is InChI=1S/C21H20N4O2/c1-13-8-9-15(3)18(12-13)24-23-17-10-11-19(26)20(21(17)27)25-22-16-7-5-4-6-14(16)2/h4-12,22,24H,1-3H3/b23-17-,25-20+. The molecule has 136 valence electrons. The summed E-state index contributed by atoms with van der Waals surface area (Å²) in [5, 5.41) is 8.12. The first-order valence-corrected chi connectivity index (χ1v) is 8.53. The molecule has 0 fully saturated rings. The Morgan fingerprint density at radius 3 is 2.22 bits per heavy atom. The van der Waals surface area contributed by atoms with Crippen molar-refractivity contribution in [2.45, 2.75) is 20.8 Å². The normalized spacial score (nSPS) is 12.3. The van der Waals surface area contributed by atoms with Gasteiger partial charge < -0.3 is 0 Å². The Morgan fingerprint density at radius 2 is 1.44 bits per heavy atom. The van der Waals surface area contributed by atoms with E-state index in [0.29, 0.717) is 0 Å². The van der Waals surface area contributed by atoms with E-state index in [1.54, 1.807) is 0 Å². The topological polar surface area (TPSA) is 82.9 Å². The van der Waals surface area contributed by atoms with Gasteiger partial charge in [0.15, 0.2) is 5.36 Å². The molecular weight excluding hydrogens is 340 g/mol. The molecule has 0 aliphatic carbocycles. The van der Waals surface area contributed by atoms with E-state index in [2.05, 4.69) is 21.1 Å². The first-order valence-electron chi connectivity index (χ1n) is 8.53. The Balaban J connectivity index is 2.00. The summed E-state index contributed by atoms with van der Waals surface area (Å²) in [7, 11) is 0. The number of hydrogen-bond donors (Lipinski definition) is 2. The van der Waals surface area contributed by atoms with Crippen molar-refractivity contribution in [1.29, 1.82) is 0 Å². The number of benzene rings is 3. The van der Waals surface area contributed by atoms with Crippen molar-refractivity contribution in [2.24, 2.45) is 10.2 Å². The number of hydrogen-bond acceptors (Lipinski definition) is 6. The van der Waals surface area contributed by atoms with Gasteiger partial charge in [0.2, 0.25) is 10.9 Å². The summed E-state index contributed by atoms with van der Waals surface area (Å²) < 4.78 is 0. The lowest BCUT2D eigenvalue weighted by Gasteiger charge is -2.05. The summed E-state index contributed by atoms with van der Waals surface area (Å²) in [5.41, 5.74) is 9.28. The fourth-order valence-electron chi connectivity index (χ4n) is 2.53. The molecule has 0 unspecified atom stereocenters. The minimum Gasteiger partial charge on any atom is -0.287 e. The van der Waals surface area contributed by atoms with Gasteiger partial charge in [-0.1, -0.05) is 30.3 Å². The second-order valence-electron chi connectivity index (χ2n) is 6.34. The second-order valence-corrected chi connectivity index (χ2v) is 6.34. The smallest absolute Gasteiger partial charge is 0.237 e. The fourth-order valence-corrected chi connectivity index (χ4v) is 2.53. The van der Waals surface area contributed by atoms with Gasteiger partial charge in [0.1, 0.15) is 5.36 Å². The Kier molecular flexibility index (Phi) is 5.26. The Hall–Kier alpha value is -3.54. The lowest BCUT2D eigenvalue weighted by Crippen LogP contribution is -2.48. The first-order chi connectivity index (χ1) is 13.0. The predicted octanol–water partition coefficient (Wildman–Crippen LogP) is 2.06.